The third-order valence-electron chi connectivity index (χ3n) is 3.95. The Morgan fingerprint density at radius 1 is 1.43 bits per heavy atom. The number of likely N-dealkylation sites (tertiary alicyclic amines) is 1. The Morgan fingerprint density at radius 2 is 2.05 bits per heavy atom. The van der Waals surface area contributed by atoms with Gasteiger partial charge in [0.25, 0.3) is 11.6 Å². The number of nitro groups is 1. The second-order valence-electron chi connectivity index (χ2n) is 5.37. The van der Waals surface area contributed by atoms with Gasteiger partial charge in [-0.05, 0) is 61.0 Å². The molecule has 2 rings (SSSR count). The molecule has 0 aromatic heterocycles. The van der Waals surface area contributed by atoms with E-state index in [1.54, 1.807) is 24.1 Å². The number of amides is 1. The van der Waals surface area contributed by atoms with Crippen LogP contribution in [0.3, 0.4) is 0 Å². The summed E-state index contributed by atoms with van der Waals surface area (Å²) in [5.74, 6) is -0.167. The minimum absolute atomic E-state index is 0.0855. The Hall–Kier alpha value is -1.47. The van der Waals surface area contributed by atoms with E-state index < -0.39 is 4.92 Å². The van der Waals surface area contributed by atoms with Crippen molar-refractivity contribution in [2.24, 2.45) is 0 Å². The van der Waals surface area contributed by atoms with Gasteiger partial charge < -0.3 is 9.80 Å². The largest absolute Gasteiger partial charge is 0.339 e. The first-order chi connectivity index (χ1) is 9.90. The summed E-state index contributed by atoms with van der Waals surface area (Å²) < 4.78 is 0.381. The molecule has 0 aliphatic carbocycles. The number of halogens is 1. The van der Waals surface area contributed by atoms with Gasteiger partial charge in [0, 0.05) is 24.7 Å². The fourth-order valence-corrected chi connectivity index (χ4v) is 2.93. The average Bonchev–Trinajstić information content (AvgIpc) is 2.46. The highest BCUT2D eigenvalue weighted by Gasteiger charge is 2.26. The van der Waals surface area contributed by atoms with Crippen LogP contribution in [0.1, 0.15) is 23.2 Å². The van der Waals surface area contributed by atoms with Gasteiger partial charge in [-0.15, -0.1) is 0 Å². The third kappa shape index (κ3) is 3.59. The summed E-state index contributed by atoms with van der Waals surface area (Å²) in [5, 5.41) is 10.9. The van der Waals surface area contributed by atoms with Gasteiger partial charge in [-0.1, -0.05) is 0 Å². The second-order valence-corrected chi connectivity index (χ2v) is 6.23. The fourth-order valence-electron chi connectivity index (χ4n) is 2.54. The molecule has 0 unspecified atom stereocenters. The molecule has 1 aromatic carbocycles. The van der Waals surface area contributed by atoms with Crippen molar-refractivity contribution in [3.63, 3.8) is 0 Å². The molecule has 1 aromatic rings. The van der Waals surface area contributed by atoms with E-state index in [1.807, 2.05) is 0 Å². The molecule has 1 amide bonds. The van der Waals surface area contributed by atoms with Crippen LogP contribution < -0.4 is 0 Å². The molecule has 1 heterocycles. The van der Waals surface area contributed by atoms with Gasteiger partial charge in [0.1, 0.15) is 0 Å². The average molecular weight is 356 g/mol. The van der Waals surface area contributed by atoms with E-state index in [-0.39, 0.29) is 17.6 Å². The summed E-state index contributed by atoms with van der Waals surface area (Å²) in [4.78, 5) is 26.9. The molecule has 1 saturated heterocycles. The number of carbonyl (C=O) groups is 1. The maximum Gasteiger partial charge on any atom is 0.284 e. The molecule has 0 bridgehead atoms. The van der Waals surface area contributed by atoms with Crippen molar-refractivity contribution >= 4 is 27.5 Å². The number of hydrogen-bond acceptors (Lipinski definition) is 4. The summed E-state index contributed by atoms with van der Waals surface area (Å²) in [6.45, 7) is 1.92. The molecule has 0 N–H and O–H groups in total. The summed E-state index contributed by atoms with van der Waals surface area (Å²) in [6.07, 6.45) is 1.86. The van der Waals surface area contributed by atoms with Crippen LogP contribution in [0.2, 0.25) is 0 Å². The van der Waals surface area contributed by atoms with Crippen LogP contribution in [0, 0.1) is 10.1 Å². The SMILES string of the molecule is CN1CCC(N(C)C(=O)c2ccc(Br)c([N+](=O)[O-])c2)CC1. The van der Waals surface area contributed by atoms with Crippen LogP contribution in [0.5, 0.6) is 0 Å². The van der Waals surface area contributed by atoms with E-state index in [0.29, 0.717) is 10.0 Å². The van der Waals surface area contributed by atoms with Crippen molar-refractivity contribution in [1.82, 2.24) is 9.80 Å². The highest BCUT2D eigenvalue weighted by Crippen LogP contribution is 2.26. The minimum Gasteiger partial charge on any atom is -0.339 e. The second kappa shape index (κ2) is 6.53. The highest BCUT2D eigenvalue weighted by atomic mass is 79.9. The van der Waals surface area contributed by atoms with Crippen LogP contribution >= 0.6 is 15.9 Å². The molecule has 1 aliphatic heterocycles. The van der Waals surface area contributed by atoms with Gasteiger partial charge >= 0.3 is 0 Å². The minimum atomic E-state index is -0.490. The van der Waals surface area contributed by atoms with Crippen molar-refractivity contribution in [3.05, 3.63) is 38.3 Å². The number of hydrogen-bond donors (Lipinski definition) is 0. The molecule has 1 aliphatic rings. The van der Waals surface area contributed by atoms with E-state index in [2.05, 4.69) is 27.9 Å². The van der Waals surface area contributed by atoms with Crippen molar-refractivity contribution < 1.29 is 9.72 Å². The predicted molar refractivity (Wildman–Crippen MR) is 83.4 cm³/mol. The molecule has 114 valence electrons. The zero-order valence-electron chi connectivity index (χ0n) is 12.1. The number of benzene rings is 1. The lowest BCUT2D eigenvalue weighted by Gasteiger charge is -2.35. The van der Waals surface area contributed by atoms with Crippen LogP contribution in [-0.2, 0) is 0 Å². The maximum atomic E-state index is 12.5. The number of nitrogens with zero attached hydrogens (tertiary/aromatic N) is 3. The zero-order valence-corrected chi connectivity index (χ0v) is 13.7. The summed E-state index contributed by atoms with van der Waals surface area (Å²) >= 11 is 3.13. The van der Waals surface area contributed by atoms with Gasteiger partial charge in [0.2, 0.25) is 0 Å². The van der Waals surface area contributed by atoms with Crippen LogP contribution in [-0.4, -0.2) is 53.9 Å². The zero-order chi connectivity index (χ0) is 15.6. The highest BCUT2D eigenvalue weighted by molar-refractivity contribution is 9.10. The van der Waals surface area contributed by atoms with Crippen LogP contribution in [0.25, 0.3) is 0 Å². The van der Waals surface area contributed by atoms with Crippen LogP contribution in [0.4, 0.5) is 5.69 Å². The molecule has 0 saturated carbocycles. The molecule has 1 fully saturated rings. The number of piperidine rings is 1. The van der Waals surface area contributed by atoms with Crippen molar-refractivity contribution in [2.75, 3.05) is 27.2 Å². The monoisotopic (exact) mass is 355 g/mol. The number of nitro benzene ring substituents is 1. The quantitative estimate of drug-likeness (QED) is 0.617. The Kier molecular flexibility index (Phi) is 4.95. The van der Waals surface area contributed by atoms with E-state index in [9.17, 15) is 14.9 Å². The Balaban J connectivity index is 2.16. The smallest absolute Gasteiger partial charge is 0.284 e. The Morgan fingerprint density at radius 3 is 2.62 bits per heavy atom. The van der Waals surface area contributed by atoms with E-state index in [0.717, 1.165) is 25.9 Å². The number of rotatable bonds is 3. The molecule has 0 atom stereocenters. The third-order valence-corrected chi connectivity index (χ3v) is 4.62. The Labute approximate surface area is 132 Å². The summed E-state index contributed by atoms with van der Waals surface area (Å²) in [7, 11) is 3.84. The number of carbonyl (C=O) groups excluding carboxylic acids is 1. The molecule has 0 spiro atoms. The molecule has 7 heteroatoms. The fraction of sp³-hybridized carbons (Fsp3) is 0.500. The molecular formula is C14H18BrN3O3. The first kappa shape index (κ1) is 15.9. The van der Waals surface area contributed by atoms with Gasteiger partial charge in [-0.25, -0.2) is 0 Å². The van der Waals surface area contributed by atoms with Crippen molar-refractivity contribution in [1.29, 1.82) is 0 Å². The topological polar surface area (TPSA) is 66.7 Å². The standard InChI is InChI=1S/C14H18BrN3O3/c1-16-7-5-11(6-8-16)17(2)14(19)10-3-4-12(15)13(9-10)18(20)21/h3-4,9,11H,5-8H2,1-2H3. The van der Waals surface area contributed by atoms with Crippen molar-refractivity contribution in [3.8, 4) is 0 Å². The predicted octanol–water partition coefficient (Wildman–Crippen LogP) is 2.52. The van der Waals surface area contributed by atoms with Gasteiger partial charge in [-0.3, -0.25) is 14.9 Å². The van der Waals surface area contributed by atoms with E-state index in [1.165, 1.54) is 6.07 Å². The van der Waals surface area contributed by atoms with Crippen LogP contribution in [0.15, 0.2) is 22.7 Å². The van der Waals surface area contributed by atoms with Crippen molar-refractivity contribution in [2.45, 2.75) is 18.9 Å². The van der Waals surface area contributed by atoms with Gasteiger partial charge in [0.15, 0.2) is 0 Å². The lowest BCUT2D eigenvalue weighted by Crippen LogP contribution is -2.44. The first-order valence-electron chi connectivity index (χ1n) is 6.80. The van der Waals surface area contributed by atoms with E-state index >= 15 is 0 Å². The summed E-state index contributed by atoms with van der Waals surface area (Å²) in [6, 6.07) is 4.69. The first-order valence-corrected chi connectivity index (χ1v) is 7.59. The summed E-state index contributed by atoms with van der Waals surface area (Å²) in [5.41, 5.74) is 0.268. The molecule has 0 radical (unpaired) electrons. The lowest BCUT2D eigenvalue weighted by atomic mass is 10.0. The maximum absolute atomic E-state index is 12.5. The normalized spacial score (nSPS) is 16.7. The lowest BCUT2D eigenvalue weighted by molar-refractivity contribution is -0.385. The Bertz CT molecular complexity index is 556. The van der Waals surface area contributed by atoms with Gasteiger partial charge in [-0.2, -0.15) is 0 Å². The molecule has 21 heavy (non-hydrogen) atoms. The molecular weight excluding hydrogens is 338 g/mol. The van der Waals surface area contributed by atoms with Gasteiger partial charge in [0.05, 0.1) is 9.40 Å². The molecule has 6 nitrogen and oxygen atoms in total. The van der Waals surface area contributed by atoms with E-state index in [4.69, 9.17) is 0 Å².